The molecule has 0 amide bonds. The Labute approximate surface area is 119 Å². The lowest BCUT2D eigenvalue weighted by Gasteiger charge is -2.08. The first-order chi connectivity index (χ1) is 9.69. The number of pyridine rings is 1. The zero-order chi connectivity index (χ0) is 14.4. The number of hydrogen-bond acceptors (Lipinski definition) is 3. The summed E-state index contributed by atoms with van der Waals surface area (Å²) in [4.78, 5) is 4.02. The SMILES string of the molecule is CCCc1ccc(OCc2ccnc(C(=N)N)c2)cc1. The molecule has 4 nitrogen and oxygen atoms in total. The minimum absolute atomic E-state index is 0.0317. The quantitative estimate of drug-likeness (QED) is 0.625. The first kappa shape index (κ1) is 14.1. The van der Waals surface area contributed by atoms with Crippen LogP contribution < -0.4 is 10.5 Å². The summed E-state index contributed by atoms with van der Waals surface area (Å²) in [5.41, 5.74) is 8.16. The van der Waals surface area contributed by atoms with Gasteiger partial charge in [0.25, 0.3) is 0 Å². The molecule has 0 fully saturated rings. The maximum absolute atomic E-state index is 7.37. The summed E-state index contributed by atoms with van der Waals surface area (Å²) in [6.45, 7) is 2.61. The van der Waals surface area contributed by atoms with Crippen molar-refractivity contribution in [2.75, 3.05) is 0 Å². The van der Waals surface area contributed by atoms with Crippen molar-refractivity contribution in [3.05, 3.63) is 59.4 Å². The fraction of sp³-hybridized carbons (Fsp3) is 0.250. The first-order valence-electron chi connectivity index (χ1n) is 6.70. The van der Waals surface area contributed by atoms with Gasteiger partial charge in [-0.1, -0.05) is 25.5 Å². The number of nitrogen functional groups attached to an aromatic ring is 1. The third kappa shape index (κ3) is 3.82. The maximum Gasteiger partial charge on any atom is 0.141 e. The van der Waals surface area contributed by atoms with E-state index >= 15 is 0 Å². The Morgan fingerprint density at radius 2 is 1.95 bits per heavy atom. The molecular weight excluding hydrogens is 250 g/mol. The van der Waals surface area contributed by atoms with Gasteiger partial charge in [0.05, 0.1) is 0 Å². The lowest BCUT2D eigenvalue weighted by molar-refractivity contribution is 0.306. The van der Waals surface area contributed by atoms with Crippen molar-refractivity contribution in [1.82, 2.24) is 4.98 Å². The second-order valence-corrected chi connectivity index (χ2v) is 4.65. The van der Waals surface area contributed by atoms with Crippen molar-refractivity contribution in [2.45, 2.75) is 26.4 Å². The lowest BCUT2D eigenvalue weighted by atomic mass is 10.1. The van der Waals surface area contributed by atoms with Crippen LogP contribution in [0, 0.1) is 5.41 Å². The molecule has 0 spiro atoms. The first-order valence-corrected chi connectivity index (χ1v) is 6.70. The van der Waals surface area contributed by atoms with E-state index in [2.05, 4.69) is 24.0 Å². The summed E-state index contributed by atoms with van der Waals surface area (Å²) < 4.78 is 5.72. The summed E-state index contributed by atoms with van der Waals surface area (Å²) in [7, 11) is 0. The van der Waals surface area contributed by atoms with Gasteiger partial charge in [0.2, 0.25) is 0 Å². The topological polar surface area (TPSA) is 72.0 Å². The van der Waals surface area contributed by atoms with Crippen molar-refractivity contribution < 1.29 is 4.74 Å². The number of rotatable bonds is 6. The molecule has 0 aliphatic carbocycles. The molecule has 0 aliphatic rings. The summed E-state index contributed by atoms with van der Waals surface area (Å²) in [6, 6.07) is 11.8. The monoisotopic (exact) mass is 269 g/mol. The van der Waals surface area contributed by atoms with Crippen molar-refractivity contribution in [2.24, 2.45) is 5.73 Å². The van der Waals surface area contributed by atoms with Gasteiger partial charge in [-0.3, -0.25) is 10.4 Å². The number of aryl methyl sites for hydroxylation is 1. The van der Waals surface area contributed by atoms with Crippen LogP contribution in [0.25, 0.3) is 0 Å². The lowest BCUT2D eigenvalue weighted by Crippen LogP contribution is -2.13. The number of amidine groups is 1. The van der Waals surface area contributed by atoms with E-state index in [1.165, 1.54) is 5.56 Å². The van der Waals surface area contributed by atoms with Gasteiger partial charge < -0.3 is 10.5 Å². The number of nitrogens with zero attached hydrogens (tertiary/aromatic N) is 1. The molecule has 0 aliphatic heterocycles. The Morgan fingerprint density at radius 1 is 1.20 bits per heavy atom. The fourth-order valence-corrected chi connectivity index (χ4v) is 1.92. The summed E-state index contributed by atoms with van der Waals surface area (Å²) in [5, 5.41) is 7.37. The van der Waals surface area contributed by atoms with Gasteiger partial charge >= 0.3 is 0 Å². The smallest absolute Gasteiger partial charge is 0.141 e. The molecule has 1 heterocycles. The van der Waals surface area contributed by atoms with Crippen LogP contribution in [0.1, 0.15) is 30.2 Å². The molecule has 0 unspecified atom stereocenters. The molecule has 0 saturated carbocycles. The van der Waals surface area contributed by atoms with Gasteiger partial charge in [-0.25, -0.2) is 0 Å². The molecule has 1 aromatic carbocycles. The number of ether oxygens (including phenoxy) is 1. The molecule has 3 N–H and O–H groups in total. The number of nitrogens with two attached hydrogens (primary N) is 1. The van der Waals surface area contributed by atoms with Gasteiger partial charge in [0.15, 0.2) is 0 Å². The van der Waals surface area contributed by atoms with Gasteiger partial charge in [-0.05, 0) is 41.8 Å². The maximum atomic E-state index is 7.37. The van der Waals surface area contributed by atoms with E-state index in [4.69, 9.17) is 15.9 Å². The van der Waals surface area contributed by atoms with E-state index in [0.29, 0.717) is 12.3 Å². The predicted octanol–water partition coefficient (Wildman–Crippen LogP) is 2.90. The second-order valence-electron chi connectivity index (χ2n) is 4.65. The molecule has 4 heteroatoms. The molecule has 0 atom stereocenters. The Morgan fingerprint density at radius 3 is 2.60 bits per heavy atom. The highest BCUT2D eigenvalue weighted by Gasteiger charge is 2.01. The largest absolute Gasteiger partial charge is 0.489 e. The highest BCUT2D eigenvalue weighted by molar-refractivity contribution is 5.93. The minimum atomic E-state index is -0.0317. The van der Waals surface area contributed by atoms with Crippen LogP contribution in [-0.4, -0.2) is 10.8 Å². The number of benzene rings is 1. The van der Waals surface area contributed by atoms with Crippen LogP contribution >= 0.6 is 0 Å². The molecule has 2 rings (SSSR count). The molecule has 2 aromatic rings. The van der Waals surface area contributed by atoms with Crippen molar-refractivity contribution >= 4 is 5.84 Å². The third-order valence-corrected chi connectivity index (χ3v) is 2.97. The van der Waals surface area contributed by atoms with Gasteiger partial charge in [-0.2, -0.15) is 0 Å². The average Bonchev–Trinajstić information content (AvgIpc) is 2.47. The molecular formula is C16H19N3O. The van der Waals surface area contributed by atoms with Crippen LogP contribution in [0.5, 0.6) is 5.75 Å². The molecule has 0 bridgehead atoms. The van der Waals surface area contributed by atoms with E-state index in [1.54, 1.807) is 12.3 Å². The Kier molecular flexibility index (Phi) is 4.71. The molecule has 1 aromatic heterocycles. The van der Waals surface area contributed by atoms with Crippen molar-refractivity contribution in [3.63, 3.8) is 0 Å². The van der Waals surface area contributed by atoms with Crippen LogP contribution in [-0.2, 0) is 13.0 Å². The summed E-state index contributed by atoms with van der Waals surface area (Å²) in [6.07, 6.45) is 3.87. The highest BCUT2D eigenvalue weighted by Crippen LogP contribution is 2.15. The van der Waals surface area contributed by atoms with E-state index in [-0.39, 0.29) is 5.84 Å². The minimum Gasteiger partial charge on any atom is -0.489 e. The summed E-state index contributed by atoms with van der Waals surface area (Å²) in [5.74, 6) is 0.807. The third-order valence-electron chi connectivity index (χ3n) is 2.97. The Bertz CT molecular complexity index is 579. The van der Waals surface area contributed by atoms with E-state index < -0.39 is 0 Å². The van der Waals surface area contributed by atoms with Gasteiger partial charge in [0, 0.05) is 6.20 Å². The van der Waals surface area contributed by atoms with E-state index in [1.807, 2.05) is 18.2 Å². The second kappa shape index (κ2) is 6.70. The number of aromatic nitrogens is 1. The molecule has 0 saturated heterocycles. The van der Waals surface area contributed by atoms with Crippen LogP contribution in [0.4, 0.5) is 0 Å². The van der Waals surface area contributed by atoms with Gasteiger partial charge in [-0.15, -0.1) is 0 Å². The standard InChI is InChI=1S/C16H19N3O/c1-2-3-12-4-6-14(7-5-12)20-11-13-8-9-19-15(10-13)16(17)18/h4-10H,2-3,11H2,1H3,(H3,17,18). The van der Waals surface area contributed by atoms with Crippen LogP contribution in [0.3, 0.4) is 0 Å². The normalized spacial score (nSPS) is 10.2. The fourth-order valence-electron chi connectivity index (χ4n) is 1.92. The van der Waals surface area contributed by atoms with Crippen molar-refractivity contribution in [3.8, 4) is 5.75 Å². The van der Waals surface area contributed by atoms with E-state index in [9.17, 15) is 0 Å². The zero-order valence-electron chi connectivity index (χ0n) is 11.6. The van der Waals surface area contributed by atoms with Gasteiger partial charge in [0.1, 0.15) is 23.9 Å². The van der Waals surface area contributed by atoms with Crippen LogP contribution in [0.2, 0.25) is 0 Å². The predicted molar refractivity (Wildman–Crippen MR) is 80.0 cm³/mol. The van der Waals surface area contributed by atoms with E-state index in [0.717, 1.165) is 24.2 Å². The molecule has 104 valence electrons. The zero-order valence-corrected chi connectivity index (χ0v) is 11.6. The molecule has 0 radical (unpaired) electrons. The van der Waals surface area contributed by atoms with Crippen molar-refractivity contribution in [1.29, 1.82) is 5.41 Å². The number of nitrogens with one attached hydrogen (secondary N) is 1. The Hall–Kier alpha value is -2.36. The highest BCUT2D eigenvalue weighted by atomic mass is 16.5. The number of hydrogen-bond donors (Lipinski definition) is 2. The van der Waals surface area contributed by atoms with Crippen LogP contribution in [0.15, 0.2) is 42.6 Å². The Balaban J connectivity index is 1.97. The average molecular weight is 269 g/mol. The summed E-state index contributed by atoms with van der Waals surface area (Å²) >= 11 is 0. The molecule has 20 heavy (non-hydrogen) atoms.